The van der Waals surface area contributed by atoms with E-state index < -0.39 is 5.54 Å². The van der Waals surface area contributed by atoms with Gasteiger partial charge in [0.1, 0.15) is 5.69 Å². The molecule has 1 heterocycles. The molecule has 1 rings (SSSR count). The lowest BCUT2D eigenvalue weighted by Crippen LogP contribution is -2.53. The molecule has 0 spiro atoms. The van der Waals surface area contributed by atoms with Crippen LogP contribution < -0.4 is 16.6 Å². The molecule has 1 amide bonds. The number of carbonyl (C=O) groups excluding carboxylic acids is 1. The van der Waals surface area contributed by atoms with Crippen molar-refractivity contribution < 1.29 is 4.79 Å². The van der Waals surface area contributed by atoms with E-state index in [1.165, 1.54) is 19.2 Å². The molecule has 0 bridgehead atoms. The van der Waals surface area contributed by atoms with Gasteiger partial charge in [-0.3, -0.25) is 9.59 Å². The Balaban J connectivity index is 0.00000324. The summed E-state index contributed by atoms with van der Waals surface area (Å²) in [5.74, 6) is -0.306. The van der Waals surface area contributed by atoms with Crippen molar-refractivity contribution >= 4 is 18.3 Å². The summed E-state index contributed by atoms with van der Waals surface area (Å²) < 4.78 is 1.14. The molecule has 0 fully saturated rings. The third-order valence-electron chi connectivity index (χ3n) is 3.32. The predicted octanol–water partition coefficient (Wildman–Crippen LogP) is 0.449. The van der Waals surface area contributed by atoms with Crippen LogP contribution in [0.5, 0.6) is 0 Å². The molecule has 0 radical (unpaired) electrons. The number of amides is 1. The molecule has 0 unspecified atom stereocenters. The van der Waals surface area contributed by atoms with Crippen LogP contribution in [0.2, 0.25) is 0 Å². The van der Waals surface area contributed by atoms with Gasteiger partial charge in [0.2, 0.25) is 0 Å². The Kier molecular flexibility index (Phi) is 6.72. The number of halogens is 1. The van der Waals surface area contributed by atoms with E-state index in [9.17, 15) is 9.59 Å². The van der Waals surface area contributed by atoms with E-state index >= 15 is 0 Å². The number of aromatic nitrogens is 2. The Morgan fingerprint density at radius 1 is 1.42 bits per heavy atom. The molecular weight excluding hydrogens is 268 g/mol. The minimum absolute atomic E-state index is 0. The van der Waals surface area contributed by atoms with Crippen LogP contribution in [0.15, 0.2) is 16.9 Å². The number of nitrogens with two attached hydrogens (primary N) is 1. The molecule has 19 heavy (non-hydrogen) atoms. The first-order chi connectivity index (χ1) is 8.48. The van der Waals surface area contributed by atoms with Crippen molar-refractivity contribution in [2.45, 2.75) is 32.2 Å². The van der Waals surface area contributed by atoms with Crippen molar-refractivity contribution in [3.8, 4) is 0 Å². The van der Waals surface area contributed by atoms with E-state index in [0.29, 0.717) is 6.54 Å². The average Bonchev–Trinajstić information content (AvgIpc) is 2.39. The summed E-state index contributed by atoms with van der Waals surface area (Å²) in [7, 11) is 1.51. The Morgan fingerprint density at radius 2 is 2.00 bits per heavy atom. The summed E-state index contributed by atoms with van der Waals surface area (Å²) in [6.07, 6.45) is 1.50. The molecule has 6 nitrogen and oxygen atoms in total. The first-order valence-electron chi connectivity index (χ1n) is 6.05. The molecule has 0 saturated heterocycles. The monoisotopic (exact) mass is 288 g/mol. The van der Waals surface area contributed by atoms with Crippen molar-refractivity contribution in [1.82, 2.24) is 15.1 Å². The van der Waals surface area contributed by atoms with Crippen LogP contribution in [0.1, 0.15) is 37.2 Å². The van der Waals surface area contributed by atoms with Gasteiger partial charge in [-0.1, -0.05) is 13.8 Å². The fourth-order valence-electron chi connectivity index (χ4n) is 1.69. The minimum Gasteiger partial charge on any atom is -0.344 e. The van der Waals surface area contributed by atoms with Gasteiger partial charge in [0.15, 0.2) is 0 Å². The summed E-state index contributed by atoms with van der Waals surface area (Å²) in [4.78, 5) is 23.3. The van der Waals surface area contributed by atoms with E-state index in [1.807, 2.05) is 13.8 Å². The maximum Gasteiger partial charge on any atom is 0.272 e. The third-order valence-corrected chi connectivity index (χ3v) is 3.32. The van der Waals surface area contributed by atoms with Crippen molar-refractivity contribution in [1.29, 1.82) is 0 Å². The highest BCUT2D eigenvalue weighted by Crippen LogP contribution is 2.13. The molecule has 3 N–H and O–H groups in total. The molecule has 0 aliphatic carbocycles. The van der Waals surface area contributed by atoms with E-state index in [1.54, 1.807) is 0 Å². The van der Waals surface area contributed by atoms with Crippen molar-refractivity contribution in [3.63, 3.8) is 0 Å². The second-order valence-electron chi connectivity index (χ2n) is 4.33. The van der Waals surface area contributed by atoms with Crippen LogP contribution in [-0.2, 0) is 7.05 Å². The largest absolute Gasteiger partial charge is 0.344 e. The standard InChI is InChI=1S/C12H20N4O2.ClH/c1-4-12(5-2,8-13)14-11(18)9-6-7-10(17)16(3)15-9;/h6-7H,4-5,8,13H2,1-3H3,(H,14,18);1H. The summed E-state index contributed by atoms with van der Waals surface area (Å²) in [5.41, 5.74) is 5.28. The molecule has 7 heteroatoms. The quantitative estimate of drug-likeness (QED) is 0.823. The first kappa shape index (κ1) is 17.6. The van der Waals surface area contributed by atoms with E-state index in [0.717, 1.165) is 17.5 Å². The summed E-state index contributed by atoms with van der Waals surface area (Å²) >= 11 is 0. The summed E-state index contributed by atoms with van der Waals surface area (Å²) in [6, 6.07) is 2.74. The summed E-state index contributed by atoms with van der Waals surface area (Å²) in [5, 5.41) is 6.81. The fraction of sp³-hybridized carbons (Fsp3) is 0.583. The highest BCUT2D eigenvalue weighted by Gasteiger charge is 2.27. The van der Waals surface area contributed by atoms with Gasteiger partial charge in [-0.05, 0) is 18.9 Å². The Bertz CT molecular complexity index is 475. The van der Waals surface area contributed by atoms with Crippen LogP contribution in [0.25, 0.3) is 0 Å². The fourth-order valence-corrected chi connectivity index (χ4v) is 1.69. The molecule has 0 aromatic carbocycles. The molecule has 108 valence electrons. The van der Waals surface area contributed by atoms with Crippen molar-refractivity contribution in [3.05, 3.63) is 28.2 Å². The predicted molar refractivity (Wildman–Crippen MR) is 76.6 cm³/mol. The first-order valence-corrected chi connectivity index (χ1v) is 6.05. The van der Waals surface area contributed by atoms with Crippen molar-refractivity contribution in [2.24, 2.45) is 12.8 Å². The number of nitrogens with zero attached hydrogens (tertiary/aromatic N) is 2. The number of aryl methyl sites for hydroxylation is 1. The maximum absolute atomic E-state index is 12.1. The van der Waals surface area contributed by atoms with Crippen LogP contribution in [0, 0.1) is 0 Å². The molecule has 0 aliphatic heterocycles. The average molecular weight is 289 g/mol. The number of hydrogen-bond acceptors (Lipinski definition) is 4. The number of hydrogen-bond donors (Lipinski definition) is 2. The molecule has 0 aliphatic rings. The molecule has 0 saturated carbocycles. The van der Waals surface area contributed by atoms with Crippen molar-refractivity contribution in [2.75, 3.05) is 6.54 Å². The van der Waals surface area contributed by atoms with E-state index in [4.69, 9.17) is 5.73 Å². The lowest BCUT2D eigenvalue weighted by atomic mass is 9.93. The highest BCUT2D eigenvalue weighted by molar-refractivity contribution is 5.92. The van der Waals surface area contributed by atoms with Gasteiger partial charge in [-0.15, -0.1) is 12.4 Å². The highest BCUT2D eigenvalue weighted by atomic mass is 35.5. The smallest absolute Gasteiger partial charge is 0.272 e. The number of carbonyl (C=O) groups is 1. The third kappa shape index (κ3) is 4.04. The number of rotatable bonds is 5. The van der Waals surface area contributed by atoms with Gasteiger partial charge in [-0.25, -0.2) is 4.68 Å². The van der Waals surface area contributed by atoms with Crippen LogP contribution in [0.4, 0.5) is 0 Å². The van der Waals surface area contributed by atoms with Gasteiger partial charge in [0.05, 0.1) is 5.54 Å². The molecule has 0 atom stereocenters. The molecule has 1 aromatic rings. The Hall–Kier alpha value is -1.40. The normalized spacial score (nSPS) is 10.7. The Labute approximate surface area is 118 Å². The van der Waals surface area contributed by atoms with Gasteiger partial charge in [0.25, 0.3) is 11.5 Å². The van der Waals surface area contributed by atoms with E-state index in [2.05, 4.69) is 10.4 Å². The zero-order chi connectivity index (χ0) is 13.8. The zero-order valence-electron chi connectivity index (χ0n) is 11.5. The molecule has 1 aromatic heterocycles. The zero-order valence-corrected chi connectivity index (χ0v) is 12.3. The van der Waals surface area contributed by atoms with Gasteiger partial charge >= 0.3 is 0 Å². The van der Waals surface area contributed by atoms with Crippen LogP contribution in [0.3, 0.4) is 0 Å². The minimum atomic E-state index is -0.409. The lowest BCUT2D eigenvalue weighted by Gasteiger charge is -2.31. The second-order valence-corrected chi connectivity index (χ2v) is 4.33. The second kappa shape index (κ2) is 7.25. The van der Waals surface area contributed by atoms with E-state index in [-0.39, 0.29) is 29.6 Å². The molecular formula is C12H21ClN4O2. The summed E-state index contributed by atoms with van der Waals surface area (Å²) in [6.45, 7) is 4.33. The lowest BCUT2D eigenvalue weighted by molar-refractivity contribution is 0.0887. The Morgan fingerprint density at radius 3 is 2.42 bits per heavy atom. The van der Waals surface area contributed by atoms with Crippen LogP contribution >= 0.6 is 12.4 Å². The number of nitrogens with one attached hydrogen (secondary N) is 1. The maximum atomic E-state index is 12.1. The SMILES string of the molecule is CCC(CC)(CN)NC(=O)c1ccc(=O)n(C)n1.Cl. The van der Waals surface area contributed by atoms with Gasteiger partial charge in [0, 0.05) is 19.7 Å². The topological polar surface area (TPSA) is 90.0 Å². The van der Waals surface area contributed by atoms with Gasteiger partial charge in [-0.2, -0.15) is 5.10 Å². The van der Waals surface area contributed by atoms with Crippen LogP contribution in [-0.4, -0.2) is 27.8 Å². The van der Waals surface area contributed by atoms with Gasteiger partial charge < -0.3 is 11.1 Å².